The Kier molecular flexibility index (Phi) is 6.12. The summed E-state index contributed by atoms with van der Waals surface area (Å²) in [6.07, 6.45) is 1.39. The minimum absolute atomic E-state index is 0.356. The summed E-state index contributed by atoms with van der Waals surface area (Å²) in [7, 11) is 0. The van der Waals surface area contributed by atoms with Crippen molar-refractivity contribution in [2.75, 3.05) is 13.2 Å². The molecule has 0 aliphatic carbocycles. The van der Waals surface area contributed by atoms with Crippen LogP contribution in [0.3, 0.4) is 0 Å². The van der Waals surface area contributed by atoms with Crippen LogP contribution in [0.25, 0.3) is 21.5 Å². The normalized spacial score (nSPS) is 11.5. The quantitative estimate of drug-likeness (QED) is 0.405. The van der Waals surface area contributed by atoms with Crippen LogP contribution >= 0.6 is 0 Å². The molecule has 0 amide bonds. The van der Waals surface area contributed by atoms with Gasteiger partial charge < -0.3 is 0 Å². The van der Waals surface area contributed by atoms with Gasteiger partial charge in [-0.05, 0) is 45.5 Å². The molecule has 4 heteroatoms. The van der Waals surface area contributed by atoms with Gasteiger partial charge in [-0.3, -0.25) is 8.37 Å². The molecule has 0 aliphatic heterocycles. The van der Waals surface area contributed by atoms with E-state index in [1.54, 1.807) is 0 Å². The van der Waals surface area contributed by atoms with E-state index in [4.69, 9.17) is 8.37 Å². The van der Waals surface area contributed by atoms with Crippen molar-refractivity contribution in [3.8, 4) is 0 Å². The first-order chi connectivity index (χ1) is 13.8. The third-order valence-electron chi connectivity index (χ3n) is 4.86. The SMILES string of the molecule is O=S(OCCc1cccc2ccccc12)OCCc1cccc2ccccc12. The zero-order valence-electron chi connectivity index (χ0n) is 15.5. The molecule has 0 spiro atoms. The van der Waals surface area contributed by atoms with E-state index in [0.717, 1.165) is 0 Å². The van der Waals surface area contributed by atoms with Gasteiger partial charge in [0, 0.05) is 0 Å². The lowest BCUT2D eigenvalue weighted by Gasteiger charge is -2.08. The van der Waals surface area contributed by atoms with Crippen LogP contribution in [0.5, 0.6) is 0 Å². The molecule has 0 aliphatic rings. The molecule has 0 fully saturated rings. The summed E-state index contributed by atoms with van der Waals surface area (Å²) in [5.74, 6) is 0. The van der Waals surface area contributed by atoms with Crippen molar-refractivity contribution >= 4 is 32.9 Å². The van der Waals surface area contributed by atoms with Gasteiger partial charge in [-0.25, -0.2) is 0 Å². The predicted octanol–water partition coefficient (Wildman–Crippen LogP) is 5.39. The maximum Gasteiger partial charge on any atom is 0.304 e. The summed E-state index contributed by atoms with van der Waals surface area (Å²) in [6.45, 7) is 0.712. The fourth-order valence-electron chi connectivity index (χ4n) is 3.49. The van der Waals surface area contributed by atoms with Crippen LogP contribution in [0.1, 0.15) is 11.1 Å². The van der Waals surface area contributed by atoms with Crippen molar-refractivity contribution in [2.24, 2.45) is 0 Å². The average Bonchev–Trinajstić information content (AvgIpc) is 2.74. The molecule has 0 saturated heterocycles. The van der Waals surface area contributed by atoms with Gasteiger partial charge in [-0.2, -0.15) is 4.21 Å². The Morgan fingerprint density at radius 3 is 1.50 bits per heavy atom. The van der Waals surface area contributed by atoms with Gasteiger partial charge in [0.1, 0.15) is 0 Å². The summed E-state index contributed by atoms with van der Waals surface area (Å²) < 4.78 is 22.8. The predicted molar refractivity (Wildman–Crippen MR) is 115 cm³/mol. The van der Waals surface area contributed by atoms with Crippen LogP contribution in [0.15, 0.2) is 84.9 Å². The molecule has 3 nitrogen and oxygen atoms in total. The van der Waals surface area contributed by atoms with Crippen molar-refractivity contribution in [1.29, 1.82) is 0 Å². The Morgan fingerprint density at radius 2 is 1.00 bits per heavy atom. The number of hydrogen-bond acceptors (Lipinski definition) is 3. The van der Waals surface area contributed by atoms with Gasteiger partial charge in [0.15, 0.2) is 0 Å². The first-order valence-electron chi connectivity index (χ1n) is 9.43. The van der Waals surface area contributed by atoms with E-state index in [2.05, 4.69) is 48.5 Å². The van der Waals surface area contributed by atoms with Crippen molar-refractivity contribution in [2.45, 2.75) is 12.8 Å². The van der Waals surface area contributed by atoms with E-state index >= 15 is 0 Å². The molecule has 28 heavy (non-hydrogen) atoms. The maximum atomic E-state index is 12.0. The van der Waals surface area contributed by atoms with Gasteiger partial charge in [-0.15, -0.1) is 0 Å². The lowest BCUT2D eigenvalue weighted by molar-refractivity contribution is 0.254. The summed E-state index contributed by atoms with van der Waals surface area (Å²) in [6, 6.07) is 28.9. The average molecular weight is 391 g/mol. The lowest BCUT2D eigenvalue weighted by Crippen LogP contribution is -2.08. The number of rotatable bonds is 8. The van der Waals surface area contributed by atoms with Gasteiger partial charge in [0.05, 0.1) is 13.2 Å². The molecule has 0 heterocycles. The summed E-state index contributed by atoms with van der Waals surface area (Å²) in [5.41, 5.74) is 2.37. The van der Waals surface area contributed by atoms with Crippen LogP contribution in [0.2, 0.25) is 0 Å². The smallest absolute Gasteiger partial charge is 0.268 e. The Balaban J connectivity index is 1.27. The zero-order valence-corrected chi connectivity index (χ0v) is 16.4. The summed E-state index contributed by atoms with van der Waals surface area (Å²) in [5, 5.41) is 4.81. The van der Waals surface area contributed by atoms with Crippen molar-refractivity contribution in [3.05, 3.63) is 96.1 Å². The van der Waals surface area contributed by atoms with Gasteiger partial charge in [0.25, 0.3) is 0 Å². The first-order valence-corrected chi connectivity index (χ1v) is 10.4. The fraction of sp³-hybridized carbons (Fsp3) is 0.167. The van der Waals surface area contributed by atoms with Crippen LogP contribution in [-0.2, 0) is 32.6 Å². The Labute approximate surface area is 167 Å². The minimum atomic E-state index is -1.73. The number of fused-ring (bicyclic) bond motifs is 2. The topological polar surface area (TPSA) is 35.5 Å². The maximum absolute atomic E-state index is 12.0. The molecule has 0 aromatic heterocycles. The highest BCUT2D eigenvalue weighted by Crippen LogP contribution is 2.20. The second-order valence-electron chi connectivity index (χ2n) is 6.62. The largest absolute Gasteiger partial charge is 0.304 e. The molecule has 0 unspecified atom stereocenters. The molecule has 4 aromatic rings. The van der Waals surface area contributed by atoms with E-state index in [1.165, 1.54) is 32.7 Å². The van der Waals surface area contributed by atoms with E-state index < -0.39 is 11.4 Å². The highest BCUT2D eigenvalue weighted by molar-refractivity contribution is 7.75. The van der Waals surface area contributed by atoms with Crippen molar-refractivity contribution in [3.63, 3.8) is 0 Å². The number of benzene rings is 4. The first kappa shape index (κ1) is 18.8. The Morgan fingerprint density at radius 1 is 0.571 bits per heavy atom. The summed E-state index contributed by atoms with van der Waals surface area (Å²) >= 11 is -1.73. The third-order valence-corrected chi connectivity index (χ3v) is 5.58. The molecule has 0 bridgehead atoms. The molecular weight excluding hydrogens is 368 g/mol. The second-order valence-corrected chi connectivity index (χ2v) is 7.50. The third kappa shape index (κ3) is 4.47. The lowest BCUT2D eigenvalue weighted by atomic mass is 10.0. The van der Waals surface area contributed by atoms with E-state index in [1.807, 2.05) is 36.4 Å². The van der Waals surface area contributed by atoms with Gasteiger partial charge >= 0.3 is 11.4 Å². The molecular formula is C24H22O3S. The summed E-state index contributed by atoms with van der Waals surface area (Å²) in [4.78, 5) is 0. The molecule has 0 N–H and O–H groups in total. The zero-order chi connectivity index (χ0) is 19.2. The number of hydrogen-bond donors (Lipinski definition) is 0. The van der Waals surface area contributed by atoms with Crippen LogP contribution in [0.4, 0.5) is 0 Å². The molecule has 0 atom stereocenters. The van der Waals surface area contributed by atoms with Gasteiger partial charge in [-0.1, -0.05) is 84.9 Å². The molecule has 0 saturated carbocycles. The standard InChI is InChI=1S/C24H22O3S/c25-28(26-17-15-21-11-5-9-19-7-1-3-13-23(19)21)27-18-16-22-12-6-10-20-8-2-4-14-24(20)22/h1-14H,15-18H2. The van der Waals surface area contributed by atoms with E-state index in [0.29, 0.717) is 26.1 Å². The highest BCUT2D eigenvalue weighted by Gasteiger charge is 2.06. The fourth-order valence-corrected chi connectivity index (χ4v) is 4.00. The monoisotopic (exact) mass is 390 g/mol. The molecule has 4 aromatic carbocycles. The van der Waals surface area contributed by atoms with Crippen LogP contribution in [0, 0.1) is 0 Å². The van der Waals surface area contributed by atoms with Crippen molar-refractivity contribution < 1.29 is 12.6 Å². The van der Waals surface area contributed by atoms with E-state index in [-0.39, 0.29) is 0 Å². The highest BCUT2D eigenvalue weighted by atomic mass is 32.2. The minimum Gasteiger partial charge on any atom is -0.268 e. The van der Waals surface area contributed by atoms with E-state index in [9.17, 15) is 4.21 Å². The van der Waals surface area contributed by atoms with Crippen LogP contribution in [-0.4, -0.2) is 17.4 Å². The second kappa shape index (κ2) is 9.11. The Bertz CT molecular complexity index is 1010. The van der Waals surface area contributed by atoms with Crippen molar-refractivity contribution in [1.82, 2.24) is 0 Å². The molecule has 0 radical (unpaired) electrons. The van der Waals surface area contributed by atoms with Crippen LogP contribution < -0.4 is 0 Å². The Hall–Kier alpha value is -2.53. The molecule has 142 valence electrons. The molecule has 4 rings (SSSR count). The van der Waals surface area contributed by atoms with Gasteiger partial charge in [0.2, 0.25) is 0 Å².